The Hall–Kier alpha value is -3.39. The minimum Gasteiger partial charge on any atom is -0.508 e. The van der Waals surface area contributed by atoms with E-state index >= 15 is 0 Å². The van der Waals surface area contributed by atoms with Gasteiger partial charge in [-0.3, -0.25) is 0 Å². The van der Waals surface area contributed by atoms with Gasteiger partial charge in [-0.15, -0.1) is 5.10 Å². The summed E-state index contributed by atoms with van der Waals surface area (Å²) in [5.41, 5.74) is 6.27. The van der Waals surface area contributed by atoms with Gasteiger partial charge < -0.3 is 9.95 Å². The first-order valence-corrected chi connectivity index (χ1v) is 8.75. The highest BCUT2D eigenvalue weighted by molar-refractivity contribution is 6.13. The fraction of sp³-hybridized carbons (Fsp3) is 0.190. The van der Waals surface area contributed by atoms with Gasteiger partial charge in [0.2, 0.25) is 0 Å². The summed E-state index contributed by atoms with van der Waals surface area (Å²) < 4.78 is 0. The van der Waals surface area contributed by atoms with Crippen LogP contribution < -0.4 is 0 Å². The number of phenolic OH excluding ortho intramolecular Hbond substituents is 1. The molecule has 2 aromatic heterocycles. The van der Waals surface area contributed by atoms with Crippen molar-refractivity contribution in [1.29, 1.82) is 0 Å². The fourth-order valence-electron chi connectivity index (χ4n) is 4.05. The molecule has 0 spiro atoms. The molecule has 0 fully saturated rings. The summed E-state index contributed by atoms with van der Waals surface area (Å²) in [7, 11) is 0. The standard InChI is InChI=1S/C21H16N4O/c1-22-21-19-17(24-25-21)11-10-16-18(19)14-4-2-3-5-15(14)20(23-16)12-6-8-13(26)9-7-12/h6-11,26H,2-5H2,(H,24,25). The van der Waals surface area contributed by atoms with E-state index in [4.69, 9.17) is 11.6 Å². The number of hydrogen-bond donors (Lipinski definition) is 2. The van der Waals surface area contributed by atoms with Crippen LogP contribution in [0, 0.1) is 6.57 Å². The summed E-state index contributed by atoms with van der Waals surface area (Å²) in [4.78, 5) is 8.59. The summed E-state index contributed by atoms with van der Waals surface area (Å²) in [6.07, 6.45) is 4.25. The van der Waals surface area contributed by atoms with Crippen molar-refractivity contribution in [3.05, 3.63) is 58.9 Å². The molecule has 0 radical (unpaired) electrons. The summed E-state index contributed by atoms with van der Waals surface area (Å²) in [6.45, 7) is 7.46. The van der Waals surface area contributed by atoms with Crippen LogP contribution in [0.3, 0.4) is 0 Å². The van der Waals surface area contributed by atoms with E-state index in [-0.39, 0.29) is 5.75 Å². The molecule has 0 saturated heterocycles. The smallest absolute Gasteiger partial charge is 0.258 e. The average molecular weight is 340 g/mol. The zero-order valence-electron chi connectivity index (χ0n) is 14.1. The molecule has 2 heterocycles. The highest BCUT2D eigenvalue weighted by Crippen LogP contribution is 2.40. The molecule has 0 unspecified atom stereocenters. The second-order valence-corrected chi connectivity index (χ2v) is 6.71. The van der Waals surface area contributed by atoms with Crippen molar-refractivity contribution in [2.45, 2.75) is 25.7 Å². The number of benzene rings is 2. The third-order valence-electron chi connectivity index (χ3n) is 5.22. The van der Waals surface area contributed by atoms with Crippen LogP contribution in [0.25, 0.3) is 37.9 Å². The molecule has 26 heavy (non-hydrogen) atoms. The largest absolute Gasteiger partial charge is 0.508 e. The van der Waals surface area contributed by atoms with E-state index in [1.165, 1.54) is 11.1 Å². The predicted octanol–water partition coefficient (Wildman–Crippen LogP) is 4.91. The van der Waals surface area contributed by atoms with Crippen molar-refractivity contribution in [2.24, 2.45) is 0 Å². The number of nitrogens with one attached hydrogen (secondary N) is 1. The van der Waals surface area contributed by atoms with Crippen LogP contribution >= 0.6 is 0 Å². The lowest BCUT2D eigenvalue weighted by Gasteiger charge is -2.22. The Balaban J connectivity index is 1.91. The van der Waals surface area contributed by atoms with Crippen LogP contribution in [0.15, 0.2) is 36.4 Å². The van der Waals surface area contributed by atoms with E-state index in [0.717, 1.165) is 58.7 Å². The van der Waals surface area contributed by atoms with Crippen LogP contribution in [-0.2, 0) is 12.8 Å². The summed E-state index contributed by atoms with van der Waals surface area (Å²) in [6, 6.07) is 11.1. The van der Waals surface area contributed by atoms with Gasteiger partial charge in [0.05, 0.1) is 11.2 Å². The molecule has 1 aliphatic rings. The van der Waals surface area contributed by atoms with Gasteiger partial charge in [0.1, 0.15) is 11.3 Å². The second kappa shape index (κ2) is 5.57. The molecule has 0 amide bonds. The van der Waals surface area contributed by atoms with E-state index in [2.05, 4.69) is 15.0 Å². The Morgan fingerprint density at radius 2 is 1.65 bits per heavy atom. The molecule has 2 N–H and O–H groups in total. The van der Waals surface area contributed by atoms with Gasteiger partial charge >= 0.3 is 0 Å². The molecule has 0 bridgehead atoms. The van der Waals surface area contributed by atoms with Gasteiger partial charge in [-0.25, -0.2) is 10.1 Å². The molecular weight excluding hydrogens is 324 g/mol. The lowest BCUT2D eigenvalue weighted by atomic mass is 9.85. The number of phenols is 1. The highest BCUT2D eigenvalue weighted by Gasteiger charge is 2.22. The average Bonchev–Trinajstić information content (AvgIpc) is 3.11. The van der Waals surface area contributed by atoms with Crippen molar-refractivity contribution in [3.8, 4) is 17.0 Å². The quantitative estimate of drug-likeness (QED) is 0.484. The van der Waals surface area contributed by atoms with Crippen molar-refractivity contribution in [2.75, 3.05) is 0 Å². The van der Waals surface area contributed by atoms with E-state index < -0.39 is 0 Å². The summed E-state index contributed by atoms with van der Waals surface area (Å²) >= 11 is 0. The molecule has 126 valence electrons. The number of aryl methyl sites for hydroxylation is 1. The van der Waals surface area contributed by atoms with E-state index in [0.29, 0.717) is 5.82 Å². The third kappa shape index (κ3) is 2.09. The lowest BCUT2D eigenvalue weighted by Crippen LogP contribution is -2.07. The first kappa shape index (κ1) is 14.9. The Morgan fingerprint density at radius 1 is 0.923 bits per heavy atom. The molecule has 5 rings (SSSR count). The monoisotopic (exact) mass is 340 g/mol. The number of H-pyrrole nitrogens is 1. The van der Waals surface area contributed by atoms with Crippen LogP contribution in [0.1, 0.15) is 24.0 Å². The molecule has 5 nitrogen and oxygen atoms in total. The minimum absolute atomic E-state index is 0.255. The lowest BCUT2D eigenvalue weighted by molar-refractivity contribution is 0.475. The molecule has 2 aromatic carbocycles. The maximum absolute atomic E-state index is 9.61. The van der Waals surface area contributed by atoms with E-state index in [1.807, 2.05) is 24.3 Å². The minimum atomic E-state index is 0.255. The number of fused-ring (bicyclic) bond motifs is 5. The Labute approximate surface area is 150 Å². The molecule has 5 heteroatoms. The number of rotatable bonds is 1. The van der Waals surface area contributed by atoms with Crippen LogP contribution in [-0.4, -0.2) is 20.3 Å². The molecule has 0 saturated carbocycles. The van der Waals surface area contributed by atoms with Crippen molar-refractivity contribution >= 4 is 27.6 Å². The van der Waals surface area contributed by atoms with Crippen molar-refractivity contribution in [3.63, 3.8) is 0 Å². The van der Waals surface area contributed by atoms with Gasteiger partial charge in [0.15, 0.2) is 0 Å². The highest BCUT2D eigenvalue weighted by atomic mass is 16.3. The van der Waals surface area contributed by atoms with Gasteiger partial charge in [0.25, 0.3) is 5.82 Å². The normalized spacial score (nSPS) is 13.7. The third-order valence-corrected chi connectivity index (χ3v) is 5.22. The van der Waals surface area contributed by atoms with E-state index in [1.54, 1.807) is 12.1 Å². The Kier molecular flexibility index (Phi) is 3.19. The number of aromatic hydroxyl groups is 1. The Morgan fingerprint density at radius 3 is 2.42 bits per heavy atom. The number of hydrogen-bond acceptors (Lipinski definition) is 3. The zero-order valence-corrected chi connectivity index (χ0v) is 14.1. The molecule has 1 aliphatic carbocycles. The Bertz CT molecular complexity index is 1200. The van der Waals surface area contributed by atoms with Gasteiger partial charge in [-0.1, -0.05) is 6.57 Å². The first-order valence-electron chi connectivity index (χ1n) is 8.75. The summed E-state index contributed by atoms with van der Waals surface area (Å²) in [5, 5.41) is 18.7. The van der Waals surface area contributed by atoms with Crippen LogP contribution in [0.5, 0.6) is 5.75 Å². The van der Waals surface area contributed by atoms with Crippen molar-refractivity contribution in [1.82, 2.24) is 15.2 Å². The maximum Gasteiger partial charge on any atom is 0.258 e. The zero-order chi connectivity index (χ0) is 17.7. The van der Waals surface area contributed by atoms with Gasteiger partial charge in [-0.05, 0) is 73.2 Å². The predicted molar refractivity (Wildman–Crippen MR) is 101 cm³/mol. The molecule has 4 aromatic rings. The number of aromatic nitrogens is 3. The molecule has 0 aliphatic heterocycles. The topological polar surface area (TPSA) is 66.2 Å². The number of pyridine rings is 1. The molecule has 0 atom stereocenters. The second-order valence-electron chi connectivity index (χ2n) is 6.71. The number of aromatic amines is 1. The van der Waals surface area contributed by atoms with Crippen LogP contribution in [0.4, 0.5) is 5.82 Å². The number of nitrogens with zero attached hydrogens (tertiary/aromatic N) is 3. The van der Waals surface area contributed by atoms with E-state index in [9.17, 15) is 5.11 Å². The SMILES string of the molecule is [C-]#[N+]c1[nH]nc2ccc3nc(-c4ccc(O)cc4)c4c(c3c12)CCCC4. The summed E-state index contributed by atoms with van der Waals surface area (Å²) in [5.74, 6) is 0.739. The fourth-order valence-corrected chi connectivity index (χ4v) is 4.05. The van der Waals surface area contributed by atoms with Crippen LogP contribution in [0.2, 0.25) is 0 Å². The van der Waals surface area contributed by atoms with Gasteiger partial charge in [-0.2, -0.15) is 0 Å². The van der Waals surface area contributed by atoms with Crippen molar-refractivity contribution < 1.29 is 5.11 Å². The van der Waals surface area contributed by atoms with Gasteiger partial charge in [0, 0.05) is 16.3 Å². The maximum atomic E-state index is 9.61. The molecular formula is C21H16N4O. The first-order chi connectivity index (χ1) is 12.8.